The Morgan fingerprint density at radius 2 is 1.64 bits per heavy atom. The highest BCUT2D eigenvalue weighted by Gasteiger charge is 2.46. The van der Waals surface area contributed by atoms with Gasteiger partial charge in [-0.2, -0.15) is 0 Å². The van der Waals surface area contributed by atoms with Gasteiger partial charge in [-0.3, -0.25) is 4.98 Å². The molecule has 1 fully saturated rings. The van der Waals surface area contributed by atoms with Gasteiger partial charge in [-0.05, 0) is 47.9 Å². The summed E-state index contributed by atoms with van der Waals surface area (Å²) in [5, 5.41) is 0.356. The van der Waals surface area contributed by atoms with Crippen molar-refractivity contribution in [1.82, 2.24) is 4.98 Å². The van der Waals surface area contributed by atoms with Gasteiger partial charge >= 0.3 is 0 Å². The third kappa shape index (κ3) is 5.54. The number of hydrogen-bond acceptors (Lipinski definition) is 4. The van der Waals surface area contributed by atoms with Gasteiger partial charge in [0.15, 0.2) is 16.6 Å². The minimum atomic E-state index is -1.89. The van der Waals surface area contributed by atoms with Gasteiger partial charge in [-0.1, -0.05) is 47.6 Å². The summed E-state index contributed by atoms with van der Waals surface area (Å²) in [5.74, 6) is 0. The Morgan fingerprint density at radius 1 is 1.04 bits per heavy atom. The summed E-state index contributed by atoms with van der Waals surface area (Å²) >= 11 is 0. The van der Waals surface area contributed by atoms with Crippen molar-refractivity contribution in [2.45, 2.75) is 103 Å². The highest BCUT2D eigenvalue weighted by molar-refractivity contribution is 6.74. The Morgan fingerprint density at radius 3 is 2.14 bits per heavy atom. The smallest absolute Gasteiger partial charge is 0.192 e. The van der Waals surface area contributed by atoms with Crippen LogP contribution in [0.1, 0.15) is 59.6 Å². The second-order valence-corrected chi connectivity index (χ2v) is 20.7. The third-order valence-electron chi connectivity index (χ3n) is 6.92. The fourth-order valence-electron chi connectivity index (χ4n) is 2.83. The van der Waals surface area contributed by atoms with Crippen LogP contribution in [0, 0.1) is 0 Å². The van der Waals surface area contributed by atoms with Crippen LogP contribution in [0.25, 0.3) is 0 Å². The largest absolute Gasteiger partial charge is 0.414 e. The molecule has 1 aromatic heterocycles. The van der Waals surface area contributed by atoms with E-state index in [1.54, 1.807) is 6.20 Å². The van der Waals surface area contributed by atoms with Crippen LogP contribution in [0.5, 0.6) is 0 Å². The molecule has 1 aromatic rings. The van der Waals surface area contributed by atoms with E-state index in [9.17, 15) is 0 Å². The fourth-order valence-corrected chi connectivity index (χ4v) is 5.20. The molecule has 0 spiro atoms. The first-order valence-corrected chi connectivity index (χ1v) is 16.3. The molecule has 2 heterocycles. The van der Waals surface area contributed by atoms with Gasteiger partial charge in [0.2, 0.25) is 0 Å². The lowest BCUT2D eigenvalue weighted by Gasteiger charge is -2.40. The van der Waals surface area contributed by atoms with E-state index in [0.717, 1.165) is 12.0 Å². The van der Waals surface area contributed by atoms with E-state index in [2.05, 4.69) is 78.8 Å². The Balaban J connectivity index is 2.18. The van der Waals surface area contributed by atoms with Crippen LogP contribution in [0.3, 0.4) is 0 Å². The van der Waals surface area contributed by atoms with E-state index in [4.69, 9.17) is 13.6 Å². The minimum absolute atomic E-state index is 0.0245. The van der Waals surface area contributed by atoms with E-state index in [1.165, 1.54) is 0 Å². The third-order valence-corrected chi connectivity index (χ3v) is 15.9. The molecule has 0 radical (unpaired) electrons. The predicted molar refractivity (Wildman–Crippen MR) is 122 cm³/mol. The summed E-state index contributed by atoms with van der Waals surface area (Å²) < 4.78 is 19.8. The lowest BCUT2D eigenvalue weighted by Crippen LogP contribution is -2.48. The first-order valence-electron chi connectivity index (χ1n) is 10.5. The second kappa shape index (κ2) is 8.30. The van der Waals surface area contributed by atoms with Crippen molar-refractivity contribution in [3.63, 3.8) is 0 Å². The van der Waals surface area contributed by atoms with E-state index >= 15 is 0 Å². The van der Waals surface area contributed by atoms with E-state index in [-0.39, 0.29) is 28.4 Å². The van der Waals surface area contributed by atoms with Gasteiger partial charge in [-0.25, -0.2) is 0 Å². The maximum atomic E-state index is 6.81. The lowest BCUT2D eigenvalue weighted by molar-refractivity contribution is -0.0165. The molecule has 1 aliphatic heterocycles. The number of pyridine rings is 1. The second-order valence-electron chi connectivity index (χ2n) is 11.2. The first-order chi connectivity index (χ1) is 12.6. The van der Waals surface area contributed by atoms with Crippen molar-refractivity contribution in [2.75, 3.05) is 6.61 Å². The molecule has 28 heavy (non-hydrogen) atoms. The van der Waals surface area contributed by atoms with Crippen molar-refractivity contribution >= 4 is 16.6 Å². The Hall–Kier alpha value is -0.536. The Labute approximate surface area is 174 Å². The monoisotopic (exact) mass is 423 g/mol. The molecule has 0 amide bonds. The summed E-state index contributed by atoms with van der Waals surface area (Å²) in [6.45, 7) is 23.5. The molecule has 2 rings (SSSR count). The molecule has 0 unspecified atom stereocenters. The van der Waals surface area contributed by atoms with Crippen molar-refractivity contribution in [1.29, 1.82) is 0 Å². The Kier molecular flexibility index (Phi) is 7.04. The summed E-state index contributed by atoms with van der Waals surface area (Å²) in [5.41, 5.74) is 1.13. The van der Waals surface area contributed by atoms with Gasteiger partial charge in [0.1, 0.15) is 6.10 Å². The van der Waals surface area contributed by atoms with Crippen molar-refractivity contribution in [2.24, 2.45) is 0 Å². The molecule has 1 saturated heterocycles. The maximum absolute atomic E-state index is 6.81. The number of aromatic nitrogens is 1. The summed E-state index contributed by atoms with van der Waals surface area (Å²) in [6, 6.07) is 4.07. The quantitative estimate of drug-likeness (QED) is 0.502. The van der Waals surface area contributed by atoms with Crippen LogP contribution < -0.4 is 0 Å². The highest BCUT2D eigenvalue weighted by atomic mass is 28.4. The molecule has 3 atom stereocenters. The number of hydrogen-bond donors (Lipinski definition) is 0. The summed E-state index contributed by atoms with van der Waals surface area (Å²) in [7, 11) is -3.73. The van der Waals surface area contributed by atoms with E-state index in [1.807, 2.05) is 12.3 Å². The Bertz CT molecular complexity index is 635. The SMILES string of the molecule is CC(C)(C)[Si](C)(C)OC[C@H]1O[C@@H](c2cccnc2)C[C@@H]1O[Si](C)(C)C(C)(C)C. The van der Waals surface area contributed by atoms with E-state index in [0.29, 0.717) is 6.61 Å². The van der Waals surface area contributed by atoms with Crippen LogP contribution in [0.15, 0.2) is 24.5 Å². The van der Waals surface area contributed by atoms with Crippen LogP contribution in [0.2, 0.25) is 36.3 Å². The van der Waals surface area contributed by atoms with Crippen molar-refractivity contribution in [3.05, 3.63) is 30.1 Å². The molecule has 1 aliphatic rings. The molecule has 0 aliphatic carbocycles. The molecular weight excluding hydrogens is 382 g/mol. The molecule has 160 valence electrons. The lowest BCUT2D eigenvalue weighted by atomic mass is 10.1. The van der Waals surface area contributed by atoms with Crippen LogP contribution in [0.4, 0.5) is 0 Å². The minimum Gasteiger partial charge on any atom is -0.414 e. The zero-order valence-corrected chi connectivity index (χ0v) is 21.6. The number of nitrogens with zero attached hydrogens (tertiary/aromatic N) is 1. The van der Waals surface area contributed by atoms with Gasteiger partial charge < -0.3 is 13.6 Å². The average molecular weight is 424 g/mol. The molecule has 4 nitrogen and oxygen atoms in total. The number of rotatable bonds is 6. The predicted octanol–water partition coefficient (Wildman–Crippen LogP) is 6.32. The topological polar surface area (TPSA) is 40.6 Å². The van der Waals surface area contributed by atoms with Gasteiger partial charge in [0.25, 0.3) is 0 Å². The molecule has 6 heteroatoms. The van der Waals surface area contributed by atoms with Crippen molar-refractivity contribution in [3.8, 4) is 0 Å². The summed E-state index contributed by atoms with van der Waals surface area (Å²) in [6.07, 6.45) is 4.63. The highest BCUT2D eigenvalue weighted by Crippen LogP contribution is 2.43. The number of ether oxygens (including phenoxy) is 1. The first kappa shape index (κ1) is 23.7. The maximum Gasteiger partial charge on any atom is 0.192 e. The molecule has 0 bridgehead atoms. The molecule has 0 N–H and O–H groups in total. The summed E-state index contributed by atoms with van der Waals surface area (Å²) in [4.78, 5) is 4.27. The van der Waals surface area contributed by atoms with Gasteiger partial charge in [-0.15, -0.1) is 0 Å². The normalized spacial score (nSPS) is 24.6. The molecule has 0 aromatic carbocycles. The van der Waals surface area contributed by atoms with E-state index < -0.39 is 16.6 Å². The van der Waals surface area contributed by atoms with Gasteiger partial charge in [0, 0.05) is 18.8 Å². The molecular formula is C22H41NO3Si2. The van der Waals surface area contributed by atoms with Crippen LogP contribution in [-0.2, 0) is 13.6 Å². The fraction of sp³-hybridized carbons (Fsp3) is 0.773. The van der Waals surface area contributed by atoms with Crippen molar-refractivity contribution < 1.29 is 13.6 Å². The zero-order valence-electron chi connectivity index (χ0n) is 19.6. The van der Waals surface area contributed by atoms with Gasteiger partial charge in [0.05, 0.1) is 18.8 Å². The van der Waals surface area contributed by atoms with Crippen LogP contribution in [-0.4, -0.2) is 40.4 Å². The van der Waals surface area contributed by atoms with Crippen LogP contribution >= 0.6 is 0 Å². The average Bonchev–Trinajstić information content (AvgIpc) is 2.94. The molecule has 0 saturated carbocycles. The zero-order chi connectivity index (χ0) is 21.4. The standard InChI is InChI=1S/C22H41NO3Si2/c1-21(2,3)27(7,8)24-16-20-19(26-28(9,10)22(4,5)6)14-18(25-20)17-12-11-13-23-15-17/h11-13,15,18-20H,14,16H2,1-10H3/t18-,19+,20-/m1/s1.